The van der Waals surface area contributed by atoms with Crippen LogP contribution in [0.2, 0.25) is 0 Å². The van der Waals surface area contributed by atoms with E-state index in [2.05, 4.69) is 20.9 Å². The Kier molecular flexibility index (Phi) is 3.34. The van der Waals surface area contributed by atoms with Crippen molar-refractivity contribution in [3.05, 3.63) is 38.9 Å². The molecule has 2 aromatic rings. The minimum atomic E-state index is -0.444. The van der Waals surface area contributed by atoms with Gasteiger partial charge in [-0.3, -0.25) is 0 Å². The topological polar surface area (TPSA) is 38.9 Å². The van der Waals surface area contributed by atoms with E-state index in [-0.39, 0.29) is 5.82 Å². The van der Waals surface area contributed by atoms with Crippen LogP contribution in [0.1, 0.15) is 18.9 Å². The Morgan fingerprint density at radius 2 is 2.12 bits per heavy atom. The summed E-state index contributed by atoms with van der Waals surface area (Å²) in [5.41, 5.74) is 7.24. The van der Waals surface area contributed by atoms with E-state index in [0.717, 1.165) is 16.3 Å². The number of thiazole rings is 1. The quantitative estimate of drug-likeness (QED) is 0.913. The lowest BCUT2D eigenvalue weighted by atomic mass is 10.1. The lowest BCUT2D eigenvalue weighted by molar-refractivity contribution is 0.551. The lowest BCUT2D eigenvalue weighted by Crippen LogP contribution is -2.28. The summed E-state index contributed by atoms with van der Waals surface area (Å²) in [5, 5.41) is 2.80. The first kappa shape index (κ1) is 12.7. The van der Waals surface area contributed by atoms with Crippen molar-refractivity contribution in [1.29, 1.82) is 0 Å². The van der Waals surface area contributed by atoms with Crippen molar-refractivity contribution in [2.75, 3.05) is 0 Å². The van der Waals surface area contributed by atoms with Gasteiger partial charge >= 0.3 is 0 Å². The van der Waals surface area contributed by atoms with E-state index in [1.165, 1.54) is 17.4 Å². The fourth-order valence-corrected chi connectivity index (χ4v) is 2.60. The van der Waals surface area contributed by atoms with Gasteiger partial charge in [0, 0.05) is 10.9 Å². The summed E-state index contributed by atoms with van der Waals surface area (Å²) in [5.74, 6) is -0.275. The third kappa shape index (κ3) is 2.73. The molecule has 0 fully saturated rings. The first-order valence-corrected chi connectivity index (χ1v) is 6.75. The van der Waals surface area contributed by atoms with Crippen molar-refractivity contribution in [3.8, 4) is 11.3 Å². The summed E-state index contributed by atoms with van der Waals surface area (Å²) in [6, 6.07) is 4.85. The van der Waals surface area contributed by atoms with E-state index in [4.69, 9.17) is 5.73 Å². The summed E-state index contributed by atoms with van der Waals surface area (Å²) < 4.78 is 13.6. The van der Waals surface area contributed by atoms with Gasteiger partial charge in [-0.25, -0.2) is 9.37 Å². The lowest BCUT2D eigenvalue weighted by Gasteiger charge is -2.13. The second-order valence-electron chi connectivity index (χ2n) is 4.39. The van der Waals surface area contributed by atoms with Crippen molar-refractivity contribution in [2.24, 2.45) is 5.73 Å². The van der Waals surface area contributed by atoms with Gasteiger partial charge < -0.3 is 5.73 Å². The smallest absolute Gasteiger partial charge is 0.137 e. The molecule has 0 amide bonds. The van der Waals surface area contributed by atoms with Crippen LogP contribution in [0.25, 0.3) is 11.3 Å². The Bertz CT molecular complexity index is 546. The van der Waals surface area contributed by atoms with Gasteiger partial charge in [0.2, 0.25) is 0 Å². The fourth-order valence-electron chi connectivity index (χ4n) is 1.36. The highest BCUT2D eigenvalue weighted by molar-refractivity contribution is 9.10. The number of halogens is 2. The van der Waals surface area contributed by atoms with E-state index in [1.807, 2.05) is 19.2 Å². The van der Waals surface area contributed by atoms with Crippen molar-refractivity contribution in [2.45, 2.75) is 19.4 Å². The number of aromatic nitrogens is 1. The number of benzene rings is 1. The molecule has 0 radical (unpaired) electrons. The molecule has 0 aliphatic heterocycles. The summed E-state index contributed by atoms with van der Waals surface area (Å²) in [6.45, 7) is 3.83. The van der Waals surface area contributed by atoms with Gasteiger partial charge in [0.25, 0.3) is 0 Å². The highest BCUT2D eigenvalue weighted by Crippen LogP contribution is 2.29. The highest BCUT2D eigenvalue weighted by atomic mass is 79.9. The van der Waals surface area contributed by atoms with Gasteiger partial charge in [0.1, 0.15) is 10.8 Å². The standard InChI is InChI=1S/C12H12BrFN2S/c1-12(2,15)11-16-10(6-17-11)7-3-4-9(14)8(13)5-7/h3-6H,15H2,1-2H3. The van der Waals surface area contributed by atoms with Gasteiger partial charge in [-0.2, -0.15) is 0 Å². The van der Waals surface area contributed by atoms with Gasteiger partial charge in [-0.1, -0.05) is 0 Å². The van der Waals surface area contributed by atoms with Crippen LogP contribution in [-0.4, -0.2) is 4.98 Å². The highest BCUT2D eigenvalue weighted by Gasteiger charge is 2.19. The third-order valence-electron chi connectivity index (χ3n) is 2.27. The zero-order valence-electron chi connectivity index (χ0n) is 9.50. The maximum Gasteiger partial charge on any atom is 0.137 e. The summed E-state index contributed by atoms with van der Waals surface area (Å²) >= 11 is 4.68. The summed E-state index contributed by atoms with van der Waals surface area (Å²) in [6.07, 6.45) is 0. The Morgan fingerprint density at radius 3 is 2.65 bits per heavy atom. The minimum Gasteiger partial charge on any atom is -0.320 e. The Hall–Kier alpha value is -0.780. The molecule has 2 N–H and O–H groups in total. The van der Waals surface area contributed by atoms with Crippen LogP contribution < -0.4 is 5.73 Å². The molecule has 1 heterocycles. The van der Waals surface area contributed by atoms with Crippen molar-refractivity contribution in [3.63, 3.8) is 0 Å². The molecule has 0 aliphatic carbocycles. The fraction of sp³-hybridized carbons (Fsp3) is 0.250. The Balaban J connectivity index is 2.40. The molecule has 2 rings (SSSR count). The van der Waals surface area contributed by atoms with Crippen molar-refractivity contribution >= 4 is 27.3 Å². The maximum absolute atomic E-state index is 13.1. The molecule has 1 aromatic carbocycles. The number of nitrogens with zero attached hydrogens (tertiary/aromatic N) is 1. The molecule has 1 aromatic heterocycles. The summed E-state index contributed by atoms with van der Waals surface area (Å²) in [4.78, 5) is 4.47. The molecule has 0 atom stereocenters. The number of rotatable bonds is 2. The zero-order valence-corrected chi connectivity index (χ0v) is 11.9. The van der Waals surface area contributed by atoms with Crippen LogP contribution in [0, 0.1) is 5.82 Å². The van der Waals surface area contributed by atoms with E-state index in [0.29, 0.717) is 4.47 Å². The monoisotopic (exact) mass is 314 g/mol. The third-order valence-corrected chi connectivity index (χ3v) is 4.06. The average molecular weight is 315 g/mol. The van der Waals surface area contributed by atoms with Gasteiger partial charge in [-0.05, 0) is 48.0 Å². The van der Waals surface area contributed by atoms with Crippen LogP contribution >= 0.6 is 27.3 Å². The second kappa shape index (κ2) is 4.48. The predicted molar refractivity (Wildman–Crippen MR) is 72.4 cm³/mol. The molecule has 0 saturated heterocycles. The molecule has 0 aliphatic rings. The second-order valence-corrected chi connectivity index (χ2v) is 6.10. The summed E-state index contributed by atoms with van der Waals surface area (Å²) in [7, 11) is 0. The van der Waals surface area contributed by atoms with E-state index in [1.54, 1.807) is 12.1 Å². The molecule has 17 heavy (non-hydrogen) atoms. The van der Waals surface area contributed by atoms with Crippen LogP contribution in [-0.2, 0) is 5.54 Å². The van der Waals surface area contributed by atoms with Crippen LogP contribution in [0.3, 0.4) is 0 Å². The maximum atomic E-state index is 13.1. The minimum absolute atomic E-state index is 0.275. The van der Waals surface area contributed by atoms with E-state index >= 15 is 0 Å². The SMILES string of the molecule is CC(C)(N)c1nc(-c2ccc(F)c(Br)c2)cs1. The normalized spacial score (nSPS) is 11.8. The van der Waals surface area contributed by atoms with Crippen LogP contribution in [0.4, 0.5) is 4.39 Å². The Morgan fingerprint density at radius 1 is 1.41 bits per heavy atom. The largest absolute Gasteiger partial charge is 0.320 e. The van der Waals surface area contributed by atoms with Gasteiger partial charge in [0.05, 0.1) is 15.7 Å². The van der Waals surface area contributed by atoms with E-state index in [9.17, 15) is 4.39 Å². The molecular weight excluding hydrogens is 303 g/mol. The van der Waals surface area contributed by atoms with Crippen LogP contribution in [0.5, 0.6) is 0 Å². The first-order valence-electron chi connectivity index (χ1n) is 5.08. The number of hydrogen-bond donors (Lipinski definition) is 1. The first-order chi connectivity index (χ1) is 7.88. The van der Waals surface area contributed by atoms with E-state index < -0.39 is 5.54 Å². The number of nitrogens with two attached hydrogens (primary N) is 1. The molecule has 0 unspecified atom stereocenters. The average Bonchev–Trinajstić information content (AvgIpc) is 2.70. The van der Waals surface area contributed by atoms with Crippen molar-refractivity contribution in [1.82, 2.24) is 4.98 Å². The molecule has 5 heteroatoms. The van der Waals surface area contributed by atoms with Crippen molar-refractivity contribution < 1.29 is 4.39 Å². The molecule has 0 bridgehead atoms. The molecular formula is C12H12BrFN2S. The predicted octanol–water partition coefficient (Wildman–Crippen LogP) is 3.91. The van der Waals surface area contributed by atoms with Gasteiger partial charge in [-0.15, -0.1) is 11.3 Å². The molecule has 2 nitrogen and oxygen atoms in total. The van der Waals surface area contributed by atoms with Gasteiger partial charge in [0.15, 0.2) is 0 Å². The molecule has 0 saturated carbocycles. The molecule has 0 spiro atoms. The Labute approximate surface area is 112 Å². The molecule has 90 valence electrons. The number of hydrogen-bond acceptors (Lipinski definition) is 3. The zero-order chi connectivity index (χ0) is 12.6. The van der Waals surface area contributed by atoms with Crippen LogP contribution in [0.15, 0.2) is 28.1 Å².